The van der Waals surface area contributed by atoms with Crippen LogP contribution in [0, 0.1) is 0 Å². The number of hydrogen-bond acceptors (Lipinski definition) is 4. The van der Waals surface area contributed by atoms with E-state index >= 15 is 0 Å². The van der Waals surface area contributed by atoms with E-state index in [9.17, 15) is 9.90 Å². The number of pyridine rings is 1. The third-order valence-corrected chi connectivity index (χ3v) is 2.54. The number of aromatic hydroxyl groups is 1. The van der Waals surface area contributed by atoms with Gasteiger partial charge in [0.15, 0.2) is 5.69 Å². The first-order valence-corrected chi connectivity index (χ1v) is 4.74. The summed E-state index contributed by atoms with van der Waals surface area (Å²) in [5.41, 5.74) is -0.488. The van der Waals surface area contributed by atoms with E-state index in [0.29, 0.717) is 0 Å². The standard InChI is InChI=1S/C10H12N2O3/c13-6-10(3-4-10)12-9(15)8-7(14)2-1-5-11-8/h1-2,5,13-14H,3-4,6H2,(H,12,15). The largest absolute Gasteiger partial charge is 0.505 e. The fourth-order valence-corrected chi connectivity index (χ4v) is 1.35. The van der Waals surface area contributed by atoms with Crippen LogP contribution >= 0.6 is 0 Å². The number of carbonyl (C=O) groups is 1. The molecule has 5 heteroatoms. The first-order chi connectivity index (χ1) is 7.17. The Bertz CT molecular complexity index is 388. The molecular formula is C10H12N2O3. The summed E-state index contributed by atoms with van der Waals surface area (Å²) in [5, 5.41) is 21.1. The van der Waals surface area contributed by atoms with Crippen LogP contribution in [-0.2, 0) is 0 Å². The predicted molar refractivity (Wildman–Crippen MR) is 52.4 cm³/mol. The van der Waals surface area contributed by atoms with Crippen molar-refractivity contribution in [1.82, 2.24) is 10.3 Å². The Morgan fingerprint density at radius 2 is 2.33 bits per heavy atom. The highest BCUT2D eigenvalue weighted by Gasteiger charge is 2.43. The van der Waals surface area contributed by atoms with Gasteiger partial charge in [-0.3, -0.25) is 4.79 Å². The van der Waals surface area contributed by atoms with Crippen molar-refractivity contribution in [3.05, 3.63) is 24.0 Å². The van der Waals surface area contributed by atoms with Gasteiger partial charge in [-0.1, -0.05) is 0 Å². The van der Waals surface area contributed by atoms with Crippen LogP contribution < -0.4 is 5.32 Å². The molecule has 5 nitrogen and oxygen atoms in total. The van der Waals surface area contributed by atoms with Crippen LogP contribution in [0.15, 0.2) is 18.3 Å². The first kappa shape index (κ1) is 9.92. The van der Waals surface area contributed by atoms with Gasteiger partial charge in [-0.15, -0.1) is 0 Å². The van der Waals surface area contributed by atoms with Gasteiger partial charge in [-0.2, -0.15) is 0 Å². The topological polar surface area (TPSA) is 82.5 Å². The van der Waals surface area contributed by atoms with Crippen LogP contribution in [0.1, 0.15) is 23.3 Å². The monoisotopic (exact) mass is 208 g/mol. The maximum atomic E-state index is 11.6. The van der Waals surface area contributed by atoms with E-state index in [0.717, 1.165) is 12.8 Å². The van der Waals surface area contributed by atoms with Crippen molar-refractivity contribution in [2.75, 3.05) is 6.61 Å². The molecule has 1 fully saturated rings. The summed E-state index contributed by atoms with van der Waals surface area (Å²) in [6.07, 6.45) is 2.97. The van der Waals surface area contributed by atoms with Gasteiger partial charge >= 0.3 is 0 Å². The minimum atomic E-state index is -0.485. The number of amides is 1. The van der Waals surface area contributed by atoms with Crippen LogP contribution in [0.3, 0.4) is 0 Å². The molecule has 2 rings (SSSR count). The Morgan fingerprint density at radius 1 is 1.60 bits per heavy atom. The number of nitrogens with zero attached hydrogens (tertiary/aromatic N) is 1. The van der Waals surface area contributed by atoms with Gasteiger partial charge in [0.1, 0.15) is 5.75 Å². The van der Waals surface area contributed by atoms with Gasteiger partial charge in [0.2, 0.25) is 0 Å². The van der Waals surface area contributed by atoms with Crippen LogP contribution in [0.2, 0.25) is 0 Å². The van der Waals surface area contributed by atoms with Crippen molar-refractivity contribution in [2.45, 2.75) is 18.4 Å². The Balaban J connectivity index is 2.12. The molecule has 1 aromatic heterocycles. The van der Waals surface area contributed by atoms with Crippen LogP contribution in [0.4, 0.5) is 0 Å². The number of aromatic nitrogens is 1. The zero-order chi connectivity index (χ0) is 10.9. The lowest BCUT2D eigenvalue weighted by Crippen LogP contribution is -2.39. The Labute approximate surface area is 86.8 Å². The van der Waals surface area contributed by atoms with E-state index in [1.807, 2.05) is 0 Å². The second kappa shape index (κ2) is 3.51. The average Bonchev–Trinajstić information content (AvgIpc) is 2.99. The minimum Gasteiger partial charge on any atom is -0.505 e. The molecule has 0 aliphatic heterocycles. The highest BCUT2D eigenvalue weighted by Crippen LogP contribution is 2.35. The van der Waals surface area contributed by atoms with Crippen LogP contribution in [0.5, 0.6) is 5.75 Å². The Morgan fingerprint density at radius 3 is 2.87 bits per heavy atom. The third-order valence-electron chi connectivity index (χ3n) is 2.54. The molecule has 80 valence electrons. The number of aliphatic hydroxyl groups excluding tert-OH is 1. The van der Waals surface area contributed by atoms with Crippen LogP contribution in [-0.4, -0.2) is 33.3 Å². The van der Waals surface area contributed by atoms with E-state index in [-0.39, 0.29) is 18.1 Å². The molecule has 1 heterocycles. The minimum absolute atomic E-state index is 0.00257. The number of nitrogens with one attached hydrogen (secondary N) is 1. The molecular weight excluding hydrogens is 196 g/mol. The van der Waals surface area contributed by atoms with Gasteiger partial charge in [-0.05, 0) is 25.0 Å². The second-order valence-corrected chi connectivity index (χ2v) is 3.76. The molecule has 3 N–H and O–H groups in total. The zero-order valence-electron chi connectivity index (χ0n) is 8.10. The van der Waals surface area contributed by atoms with Crippen LogP contribution in [0.25, 0.3) is 0 Å². The SMILES string of the molecule is O=C(NC1(CO)CC1)c1ncccc1O. The summed E-state index contributed by atoms with van der Waals surface area (Å²) < 4.78 is 0. The number of hydrogen-bond donors (Lipinski definition) is 3. The molecule has 0 atom stereocenters. The number of rotatable bonds is 3. The van der Waals surface area contributed by atoms with Gasteiger partial charge in [0.05, 0.1) is 12.1 Å². The van der Waals surface area contributed by atoms with E-state index < -0.39 is 11.4 Å². The fraction of sp³-hybridized carbons (Fsp3) is 0.400. The molecule has 0 spiro atoms. The smallest absolute Gasteiger partial charge is 0.274 e. The summed E-state index contributed by atoms with van der Waals surface area (Å²) in [6, 6.07) is 2.95. The lowest BCUT2D eigenvalue weighted by atomic mass is 10.2. The molecule has 0 aromatic carbocycles. The molecule has 0 radical (unpaired) electrons. The lowest BCUT2D eigenvalue weighted by molar-refractivity contribution is 0.0898. The molecule has 15 heavy (non-hydrogen) atoms. The zero-order valence-corrected chi connectivity index (χ0v) is 8.10. The maximum absolute atomic E-state index is 11.6. The quantitative estimate of drug-likeness (QED) is 0.655. The molecule has 0 bridgehead atoms. The Hall–Kier alpha value is -1.62. The van der Waals surface area contributed by atoms with Gasteiger partial charge in [0, 0.05) is 6.20 Å². The Kier molecular flexibility index (Phi) is 2.32. The van der Waals surface area contributed by atoms with E-state index in [1.165, 1.54) is 12.3 Å². The lowest BCUT2D eigenvalue weighted by Gasteiger charge is -2.13. The fourth-order valence-electron chi connectivity index (χ4n) is 1.35. The van der Waals surface area contributed by atoms with Crippen molar-refractivity contribution in [3.63, 3.8) is 0 Å². The van der Waals surface area contributed by atoms with E-state index in [2.05, 4.69) is 10.3 Å². The van der Waals surface area contributed by atoms with E-state index in [1.54, 1.807) is 6.07 Å². The second-order valence-electron chi connectivity index (χ2n) is 3.76. The van der Waals surface area contributed by atoms with Gasteiger partial charge in [-0.25, -0.2) is 4.98 Å². The van der Waals surface area contributed by atoms with Crippen molar-refractivity contribution in [2.24, 2.45) is 0 Å². The summed E-state index contributed by atoms with van der Waals surface area (Å²) in [5.74, 6) is -0.594. The predicted octanol–water partition coefficient (Wildman–Crippen LogP) is 0.0419. The highest BCUT2D eigenvalue weighted by atomic mass is 16.3. The molecule has 1 aromatic rings. The first-order valence-electron chi connectivity index (χ1n) is 4.74. The molecule has 0 unspecified atom stereocenters. The molecule has 1 amide bonds. The van der Waals surface area contributed by atoms with Gasteiger partial charge < -0.3 is 15.5 Å². The van der Waals surface area contributed by atoms with Crippen molar-refractivity contribution in [1.29, 1.82) is 0 Å². The normalized spacial score (nSPS) is 17.1. The van der Waals surface area contributed by atoms with Crippen molar-refractivity contribution in [3.8, 4) is 5.75 Å². The van der Waals surface area contributed by atoms with Crippen molar-refractivity contribution >= 4 is 5.91 Å². The highest BCUT2D eigenvalue weighted by molar-refractivity contribution is 5.95. The summed E-state index contributed by atoms with van der Waals surface area (Å²) in [4.78, 5) is 15.4. The van der Waals surface area contributed by atoms with Crippen molar-refractivity contribution < 1.29 is 15.0 Å². The molecule has 1 aliphatic rings. The average molecular weight is 208 g/mol. The van der Waals surface area contributed by atoms with Gasteiger partial charge in [0.25, 0.3) is 5.91 Å². The molecule has 1 saturated carbocycles. The summed E-state index contributed by atoms with van der Waals surface area (Å²) >= 11 is 0. The number of aliphatic hydroxyl groups is 1. The van der Waals surface area contributed by atoms with E-state index in [4.69, 9.17) is 5.11 Å². The molecule has 0 saturated heterocycles. The molecule has 1 aliphatic carbocycles. The maximum Gasteiger partial charge on any atom is 0.274 e. The number of carbonyl (C=O) groups excluding carboxylic acids is 1. The summed E-state index contributed by atoms with van der Waals surface area (Å²) in [7, 11) is 0. The third kappa shape index (κ3) is 1.92. The summed E-state index contributed by atoms with van der Waals surface area (Å²) in [6.45, 7) is -0.0770.